The van der Waals surface area contributed by atoms with Crippen LogP contribution in [0.2, 0.25) is 0 Å². The molecule has 2 heterocycles. The van der Waals surface area contributed by atoms with Crippen molar-refractivity contribution in [3.63, 3.8) is 0 Å². The second kappa shape index (κ2) is 5.61. The molecule has 106 valence electrons. The first-order valence-electron chi connectivity index (χ1n) is 7.97. The SMILES string of the molecule is CCc1nc2n(n1)CCCC2NC1CCCCC1C. The van der Waals surface area contributed by atoms with Gasteiger partial charge in [-0.25, -0.2) is 9.67 Å². The summed E-state index contributed by atoms with van der Waals surface area (Å²) < 4.78 is 2.13. The van der Waals surface area contributed by atoms with E-state index in [1.54, 1.807) is 0 Å². The van der Waals surface area contributed by atoms with Crippen molar-refractivity contribution >= 4 is 0 Å². The zero-order chi connectivity index (χ0) is 13.2. The summed E-state index contributed by atoms with van der Waals surface area (Å²) in [6.45, 7) is 5.57. The summed E-state index contributed by atoms with van der Waals surface area (Å²) in [5.41, 5.74) is 0. The maximum Gasteiger partial charge on any atom is 0.150 e. The number of aryl methyl sites for hydroxylation is 2. The molecule has 1 N–H and O–H groups in total. The van der Waals surface area contributed by atoms with Gasteiger partial charge in [-0.15, -0.1) is 0 Å². The van der Waals surface area contributed by atoms with E-state index in [1.165, 1.54) is 44.3 Å². The molecule has 1 saturated carbocycles. The van der Waals surface area contributed by atoms with Crippen molar-refractivity contribution in [2.24, 2.45) is 5.92 Å². The topological polar surface area (TPSA) is 42.7 Å². The fourth-order valence-corrected chi connectivity index (χ4v) is 3.53. The molecule has 1 aliphatic carbocycles. The first kappa shape index (κ1) is 13.1. The van der Waals surface area contributed by atoms with Crippen LogP contribution in [0.4, 0.5) is 0 Å². The van der Waals surface area contributed by atoms with Crippen molar-refractivity contribution in [3.8, 4) is 0 Å². The minimum absolute atomic E-state index is 0.423. The van der Waals surface area contributed by atoms with E-state index in [4.69, 9.17) is 4.98 Å². The lowest BCUT2D eigenvalue weighted by Crippen LogP contribution is -2.41. The molecule has 1 aromatic heterocycles. The summed E-state index contributed by atoms with van der Waals surface area (Å²) in [4.78, 5) is 4.73. The lowest BCUT2D eigenvalue weighted by atomic mass is 9.85. The Labute approximate surface area is 116 Å². The molecule has 0 saturated heterocycles. The van der Waals surface area contributed by atoms with Crippen LogP contribution in [0.25, 0.3) is 0 Å². The molecule has 19 heavy (non-hydrogen) atoms. The van der Waals surface area contributed by atoms with Gasteiger partial charge in [0.1, 0.15) is 5.82 Å². The standard InChI is InChI=1S/C15H26N4/c1-3-14-17-15-13(9-6-10-19(15)18-14)16-12-8-5-4-7-11(12)2/h11-13,16H,3-10H2,1-2H3. The Kier molecular flexibility index (Phi) is 3.87. The normalized spacial score (nSPS) is 31.2. The van der Waals surface area contributed by atoms with Gasteiger partial charge in [-0.05, 0) is 31.6 Å². The molecule has 0 aromatic carbocycles. The monoisotopic (exact) mass is 262 g/mol. The molecule has 0 bridgehead atoms. The third kappa shape index (κ3) is 2.69. The third-order valence-corrected chi connectivity index (χ3v) is 4.76. The molecule has 4 nitrogen and oxygen atoms in total. The minimum Gasteiger partial charge on any atom is -0.304 e. The van der Waals surface area contributed by atoms with Crippen LogP contribution in [-0.2, 0) is 13.0 Å². The Morgan fingerprint density at radius 3 is 2.84 bits per heavy atom. The van der Waals surface area contributed by atoms with Gasteiger partial charge in [0.2, 0.25) is 0 Å². The third-order valence-electron chi connectivity index (χ3n) is 4.76. The summed E-state index contributed by atoms with van der Waals surface area (Å²) in [6, 6.07) is 1.10. The van der Waals surface area contributed by atoms with Gasteiger partial charge in [0, 0.05) is 19.0 Å². The number of rotatable bonds is 3. The molecule has 3 rings (SSSR count). The van der Waals surface area contributed by atoms with Crippen molar-refractivity contribution < 1.29 is 0 Å². The zero-order valence-electron chi connectivity index (χ0n) is 12.2. The van der Waals surface area contributed by atoms with Gasteiger partial charge in [0.05, 0.1) is 6.04 Å². The zero-order valence-corrected chi connectivity index (χ0v) is 12.2. The predicted octanol–water partition coefficient (Wildman–Crippen LogP) is 2.84. The van der Waals surface area contributed by atoms with Crippen LogP contribution in [-0.4, -0.2) is 20.8 Å². The average molecular weight is 262 g/mol. The highest BCUT2D eigenvalue weighted by atomic mass is 15.4. The second-order valence-corrected chi connectivity index (χ2v) is 6.19. The fourth-order valence-electron chi connectivity index (χ4n) is 3.53. The van der Waals surface area contributed by atoms with E-state index < -0.39 is 0 Å². The van der Waals surface area contributed by atoms with Gasteiger partial charge >= 0.3 is 0 Å². The van der Waals surface area contributed by atoms with E-state index in [1.807, 2.05) is 0 Å². The average Bonchev–Trinajstić information content (AvgIpc) is 2.85. The molecule has 1 aromatic rings. The highest BCUT2D eigenvalue weighted by molar-refractivity contribution is 5.03. The van der Waals surface area contributed by atoms with Gasteiger partial charge in [-0.1, -0.05) is 26.7 Å². The maximum atomic E-state index is 4.73. The molecule has 0 amide bonds. The molecule has 3 atom stereocenters. The highest BCUT2D eigenvalue weighted by Crippen LogP contribution is 2.29. The van der Waals surface area contributed by atoms with E-state index in [9.17, 15) is 0 Å². The van der Waals surface area contributed by atoms with Crippen LogP contribution in [0.15, 0.2) is 0 Å². The van der Waals surface area contributed by atoms with Crippen LogP contribution < -0.4 is 5.32 Å². The van der Waals surface area contributed by atoms with Crippen molar-refractivity contribution in [2.75, 3.05) is 0 Å². The van der Waals surface area contributed by atoms with Crippen molar-refractivity contribution in [2.45, 2.75) is 77.4 Å². The van der Waals surface area contributed by atoms with Crippen LogP contribution in [0.3, 0.4) is 0 Å². The maximum absolute atomic E-state index is 4.73. The van der Waals surface area contributed by atoms with E-state index >= 15 is 0 Å². The van der Waals surface area contributed by atoms with Crippen LogP contribution in [0.5, 0.6) is 0 Å². The van der Waals surface area contributed by atoms with Gasteiger partial charge in [0.15, 0.2) is 5.82 Å². The molecule has 3 unspecified atom stereocenters. The summed E-state index contributed by atoms with van der Waals surface area (Å²) >= 11 is 0. The number of hydrogen-bond donors (Lipinski definition) is 1. The summed E-state index contributed by atoms with van der Waals surface area (Å²) in [6.07, 6.45) is 8.85. The van der Waals surface area contributed by atoms with E-state index in [0.29, 0.717) is 12.1 Å². The number of nitrogens with zero attached hydrogens (tertiary/aromatic N) is 3. The van der Waals surface area contributed by atoms with Crippen molar-refractivity contribution in [3.05, 3.63) is 11.6 Å². The molecule has 4 heteroatoms. The molecular formula is C15H26N4. The Hall–Kier alpha value is -0.900. The first-order valence-corrected chi connectivity index (χ1v) is 7.97. The van der Waals surface area contributed by atoms with Gasteiger partial charge in [-0.3, -0.25) is 0 Å². The van der Waals surface area contributed by atoms with Gasteiger partial charge in [0.25, 0.3) is 0 Å². The summed E-state index contributed by atoms with van der Waals surface area (Å²) in [5, 5.41) is 8.48. The summed E-state index contributed by atoms with van der Waals surface area (Å²) in [7, 11) is 0. The van der Waals surface area contributed by atoms with Crippen LogP contribution >= 0.6 is 0 Å². The van der Waals surface area contributed by atoms with Crippen LogP contribution in [0.1, 0.15) is 70.1 Å². The Morgan fingerprint density at radius 1 is 1.21 bits per heavy atom. The van der Waals surface area contributed by atoms with Crippen molar-refractivity contribution in [1.29, 1.82) is 0 Å². The number of fused-ring (bicyclic) bond motifs is 1. The van der Waals surface area contributed by atoms with Crippen molar-refractivity contribution in [1.82, 2.24) is 20.1 Å². The first-order chi connectivity index (χ1) is 9.28. The molecule has 1 aliphatic heterocycles. The van der Waals surface area contributed by atoms with E-state index in [0.717, 1.165) is 24.7 Å². The Morgan fingerprint density at radius 2 is 2.05 bits per heavy atom. The quantitative estimate of drug-likeness (QED) is 0.911. The Balaban J connectivity index is 1.73. The smallest absolute Gasteiger partial charge is 0.150 e. The highest BCUT2D eigenvalue weighted by Gasteiger charge is 2.29. The van der Waals surface area contributed by atoms with E-state index in [-0.39, 0.29) is 0 Å². The lowest BCUT2D eigenvalue weighted by Gasteiger charge is -2.34. The number of nitrogens with one attached hydrogen (secondary N) is 1. The van der Waals surface area contributed by atoms with Gasteiger partial charge < -0.3 is 5.32 Å². The van der Waals surface area contributed by atoms with Gasteiger partial charge in [-0.2, -0.15) is 5.10 Å². The molecule has 2 aliphatic rings. The second-order valence-electron chi connectivity index (χ2n) is 6.19. The van der Waals surface area contributed by atoms with Crippen LogP contribution in [0, 0.1) is 5.92 Å². The molecule has 0 radical (unpaired) electrons. The molecule has 1 fully saturated rings. The number of hydrogen-bond acceptors (Lipinski definition) is 3. The lowest BCUT2D eigenvalue weighted by molar-refractivity contribution is 0.235. The van der Waals surface area contributed by atoms with E-state index in [2.05, 4.69) is 28.9 Å². The number of aromatic nitrogens is 3. The summed E-state index contributed by atoms with van der Waals surface area (Å²) in [5.74, 6) is 2.99. The largest absolute Gasteiger partial charge is 0.304 e. The minimum atomic E-state index is 0.423. The predicted molar refractivity (Wildman–Crippen MR) is 75.9 cm³/mol. The fraction of sp³-hybridized carbons (Fsp3) is 0.867. The molecular weight excluding hydrogens is 236 g/mol. The molecule has 0 spiro atoms. The Bertz CT molecular complexity index is 426.